The van der Waals surface area contributed by atoms with Gasteiger partial charge in [0.15, 0.2) is 5.82 Å². The Kier molecular flexibility index (Phi) is 4.50. The highest BCUT2D eigenvalue weighted by Crippen LogP contribution is 1.90. The van der Waals surface area contributed by atoms with E-state index in [1.807, 2.05) is 6.92 Å². The number of aromatic nitrogens is 2. The van der Waals surface area contributed by atoms with E-state index in [0.717, 1.165) is 6.42 Å². The van der Waals surface area contributed by atoms with Crippen molar-refractivity contribution < 1.29 is 4.79 Å². The van der Waals surface area contributed by atoms with E-state index in [1.54, 1.807) is 13.2 Å². The fourth-order valence-electron chi connectivity index (χ4n) is 1.11. The summed E-state index contributed by atoms with van der Waals surface area (Å²) in [5.41, 5.74) is -0.245. The van der Waals surface area contributed by atoms with Crippen molar-refractivity contribution in [2.24, 2.45) is 7.05 Å². The van der Waals surface area contributed by atoms with Gasteiger partial charge in [-0.1, -0.05) is 6.92 Å². The number of rotatable bonds is 5. The van der Waals surface area contributed by atoms with Gasteiger partial charge in [-0.3, -0.25) is 9.59 Å². The standard InChI is InChI=1S/C10H16N4O2/c1-3-4-11-8(15)7-13-9-10(16)14(2)6-5-12-9/h5-6H,3-4,7H2,1-2H3,(H,11,15)(H,12,13). The zero-order valence-corrected chi connectivity index (χ0v) is 9.49. The average molecular weight is 224 g/mol. The van der Waals surface area contributed by atoms with E-state index < -0.39 is 0 Å². The maximum atomic E-state index is 11.5. The van der Waals surface area contributed by atoms with Gasteiger partial charge in [0.05, 0.1) is 6.54 Å². The van der Waals surface area contributed by atoms with Gasteiger partial charge in [0.1, 0.15) is 0 Å². The molecule has 1 amide bonds. The minimum Gasteiger partial charge on any atom is -0.356 e. The van der Waals surface area contributed by atoms with E-state index in [-0.39, 0.29) is 23.8 Å². The Morgan fingerprint density at radius 1 is 1.56 bits per heavy atom. The molecule has 0 unspecified atom stereocenters. The van der Waals surface area contributed by atoms with Gasteiger partial charge in [0.2, 0.25) is 5.91 Å². The lowest BCUT2D eigenvalue weighted by Gasteiger charge is -2.06. The Morgan fingerprint density at radius 2 is 2.31 bits per heavy atom. The first-order chi connectivity index (χ1) is 7.65. The van der Waals surface area contributed by atoms with E-state index in [4.69, 9.17) is 0 Å². The third-order valence-corrected chi connectivity index (χ3v) is 2.01. The summed E-state index contributed by atoms with van der Waals surface area (Å²) in [7, 11) is 1.63. The monoisotopic (exact) mass is 224 g/mol. The Labute approximate surface area is 93.7 Å². The van der Waals surface area contributed by atoms with Crippen LogP contribution in [0.2, 0.25) is 0 Å². The summed E-state index contributed by atoms with van der Waals surface area (Å²) in [6.45, 7) is 2.68. The maximum absolute atomic E-state index is 11.5. The molecule has 0 saturated carbocycles. The number of carbonyl (C=O) groups excluding carboxylic acids is 1. The van der Waals surface area contributed by atoms with Gasteiger partial charge >= 0.3 is 0 Å². The van der Waals surface area contributed by atoms with Gasteiger partial charge in [-0.15, -0.1) is 0 Å². The van der Waals surface area contributed by atoms with E-state index in [0.29, 0.717) is 6.54 Å². The molecule has 16 heavy (non-hydrogen) atoms. The predicted molar refractivity (Wildman–Crippen MR) is 61.3 cm³/mol. The highest BCUT2D eigenvalue weighted by molar-refractivity contribution is 5.80. The summed E-state index contributed by atoms with van der Waals surface area (Å²) in [6, 6.07) is 0. The molecule has 0 fully saturated rings. The van der Waals surface area contributed by atoms with Crippen LogP contribution in [0.4, 0.5) is 5.82 Å². The summed E-state index contributed by atoms with van der Waals surface area (Å²) < 4.78 is 1.40. The van der Waals surface area contributed by atoms with Crippen molar-refractivity contribution in [1.82, 2.24) is 14.9 Å². The average Bonchev–Trinajstić information content (AvgIpc) is 2.28. The number of aryl methyl sites for hydroxylation is 1. The molecule has 1 heterocycles. The molecule has 0 aliphatic carbocycles. The van der Waals surface area contributed by atoms with Crippen molar-refractivity contribution in [3.05, 3.63) is 22.7 Å². The molecule has 1 rings (SSSR count). The highest BCUT2D eigenvalue weighted by Gasteiger charge is 2.04. The number of nitrogens with one attached hydrogen (secondary N) is 2. The number of amides is 1. The fraction of sp³-hybridized carbons (Fsp3) is 0.500. The summed E-state index contributed by atoms with van der Waals surface area (Å²) >= 11 is 0. The van der Waals surface area contributed by atoms with Crippen LogP contribution in [-0.2, 0) is 11.8 Å². The van der Waals surface area contributed by atoms with Gasteiger partial charge in [-0.25, -0.2) is 4.98 Å². The zero-order valence-electron chi connectivity index (χ0n) is 9.49. The minimum absolute atomic E-state index is 0.0618. The lowest BCUT2D eigenvalue weighted by Crippen LogP contribution is -2.32. The Morgan fingerprint density at radius 3 is 3.00 bits per heavy atom. The van der Waals surface area contributed by atoms with Crippen molar-refractivity contribution in [2.45, 2.75) is 13.3 Å². The molecule has 1 aromatic rings. The second-order valence-corrected chi connectivity index (χ2v) is 3.40. The maximum Gasteiger partial charge on any atom is 0.293 e. The van der Waals surface area contributed by atoms with Crippen LogP contribution in [0.25, 0.3) is 0 Å². The molecule has 0 aromatic carbocycles. The van der Waals surface area contributed by atoms with Crippen molar-refractivity contribution in [3.8, 4) is 0 Å². The highest BCUT2D eigenvalue weighted by atomic mass is 16.2. The number of nitrogens with zero attached hydrogens (tertiary/aromatic N) is 2. The van der Waals surface area contributed by atoms with Gasteiger partial charge in [-0.2, -0.15) is 0 Å². The number of hydrogen-bond acceptors (Lipinski definition) is 4. The molecule has 6 nitrogen and oxygen atoms in total. The van der Waals surface area contributed by atoms with Crippen molar-refractivity contribution in [2.75, 3.05) is 18.4 Å². The minimum atomic E-state index is -0.245. The van der Waals surface area contributed by atoms with Crippen LogP contribution in [0, 0.1) is 0 Å². The second kappa shape index (κ2) is 5.89. The lowest BCUT2D eigenvalue weighted by molar-refractivity contribution is -0.119. The molecule has 6 heteroatoms. The van der Waals surface area contributed by atoms with Crippen LogP contribution in [0.3, 0.4) is 0 Å². The van der Waals surface area contributed by atoms with Crippen LogP contribution in [0.15, 0.2) is 17.2 Å². The number of hydrogen-bond donors (Lipinski definition) is 2. The molecule has 1 aromatic heterocycles. The fourth-order valence-corrected chi connectivity index (χ4v) is 1.11. The zero-order chi connectivity index (χ0) is 12.0. The molecule has 2 N–H and O–H groups in total. The lowest BCUT2D eigenvalue weighted by atomic mass is 10.4. The SMILES string of the molecule is CCCNC(=O)CNc1nccn(C)c1=O. The van der Waals surface area contributed by atoms with Crippen LogP contribution >= 0.6 is 0 Å². The van der Waals surface area contributed by atoms with E-state index >= 15 is 0 Å². The second-order valence-electron chi connectivity index (χ2n) is 3.40. The molecule has 0 aliphatic heterocycles. The Hall–Kier alpha value is -1.85. The van der Waals surface area contributed by atoms with Crippen LogP contribution in [0.5, 0.6) is 0 Å². The van der Waals surface area contributed by atoms with Crippen molar-refractivity contribution in [1.29, 1.82) is 0 Å². The molecule has 0 atom stereocenters. The molecule has 0 radical (unpaired) electrons. The third kappa shape index (κ3) is 3.38. The van der Waals surface area contributed by atoms with Crippen molar-refractivity contribution in [3.63, 3.8) is 0 Å². The first-order valence-electron chi connectivity index (χ1n) is 5.17. The van der Waals surface area contributed by atoms with Gasteiger partial charge in [0.25, 0.3) is 5.56 Å². The van der Waals surface area contributed by atoms with Gasteiger partial charge < -0.3 is 15.2 Å². The molecule has 0 saturated heterocycles. The van der Waals surface area contributed by atoms with Gasteiger partial charge in [-0.05, 0) is 6.42 Å². The number of anilines is 1. The van der Waals surface area contributed by atoms with E-state index in [9.17, 15) is 9.59 Å². The Bertz CT molecular complexity index is 414. The molecule has 0 aliphatic rings. The first kappa shape index (κ1) is 12.2. The molecular weight excluding hydrogens is 208 g/mol. The summed E-state index contributed by atoms with van der Waals surface area (Å²) in [5.74, 6) is 0.0474. The first-order valence-corrected chi connectivity index (χ1v) is 5.17. The largest absolute Gasteiger partial charge is 0.356 e. The normalized spacial score (nSPS) is 9.88. The quantitative estimate of drug-likeness (QED) is 0.721. The van der Waals surface area contributed by atoms with Gasteiger partial charge in [0, 0.05) is 26.0 Å². The molecule has 88 valence electrons. The summed E-state index contributed by atoms with van der Waals surface area (Å²) in [5, 5.41) is 5.40. The van der Waals surface area contributed by atoms with E-state index in [1.165, 1.54) is 10.8 Å². The van der Waals surface area contributed by atoms with E-state index in [2.05, 4.69) is 15.6 Å². The summed E-state index contributed by atoms with van der Waals surface area (Å²) in [6.07, 6.45) is 3.95. The molecular formula is C10H16N4O2. The van der Waals surface area contributed by atoms with Crippen molar-refractivity contribution >= 4 is 11.7 Å². The summed E-state index contributed by atoms with van der Waals surface area (Å²) in [4.78, 5) is 26.6. The van der Waals surface area contributed by atoms with Crippen LogP contribution in [0.1, 0.15) is 13.3 Å². The van der Waals surface area contributed by atoms with Crippen LogP contribution in [-0.4, -0.2) is 28.5 Å². The predicted octanol–water partition coefficient (Wildman–Crippen LogP) is -0.282. The van der Waals surface area contributed by atoms with Crippen LogP contribution < -0.4 is 16.2 Å². The third-order valence-electron chi connectivity index (χ3n) is 2.01. The molecule has 0 spiro atoms. The smallest absolute Gasteiger partial charge is 0.293 e. The number of carbonyl (C=O) groups is 1. The topological polar surface area (TPSA) is 76.0 Å². The Balaban J connectivity index is 2.52. The molecule has 0 bridgehead atoms.